The van der Waals surface area contributed by atoms with Gasteiger partial charge in [0.05, 0.1) is 6.42 Å². The third-order valence-electron chi connectivity index (χ3n) is 5.00. The van der Waals surface area contributed by atoms with Crippen LogP contribution < -0.4 is 0 Å². The Morgan fingerprint density at radius 2 is 2.00 bits per heavy atom. The summed E-state index contributed by atoms with van der Waals surface area (Å²) in [4.78, 5) is 11.4. The summed E-state index contributed by atoms with van der Waals surface area (Å²) in [6.45, 7) is 6.63. The van der Waals surface area contributed by atoms with Crippen LogP contribution in [-0.2, 0) is 11.2 Å². The number of allylic oxidation sites excluding steroid dienone is 2. The first-order valence-electron chi connectivity index (χ1n) is 8.30. The molecule has 0 bridgehead atoms. The van der Waals surface area contributed by atoms with Gasteiger partial charge < -0.3 is 5.11 Å². The minimum atomic E-state index is -0.763. The number of carbonyl (C=O) groups is 1. The molecule has 2 aromatic rings. The summed E-state index contributed by atoms with van der Waals surface area (Å²) in [7, 11) is 0. The minimum Gasteiger partial charge on any atom is -0.481 e. The van der Waals surface area contributed by atoms with Crippen molar-refractivity contribution >= 4 is 22.3 Å². The van der Waals surface area contributed by atoms with Crippen molar-refractivity contribution in [2.45, 2.75) is 46.5 Å². The zero-order valence-electron chi connectivity index (χ0n) is 14.1. The summed E-state index contributed by atoms with van der Waals surface area (Å²) in [6, 6.07) is 10.4. The number of aryl methyl sites for hydroxylation is 1. The number of hydrogen-bond acceptors (Lipinski definition) is 1. The van der Waals surface area contributed by atoms with Gasteiger partial charge in [-0.2, -0.15) is 0 Å². The lowest BCUT2D eigenvalue weighted by molar-refractivity contribution is -0.136. The SMILES string of the molecule is Cc1cc2ccccc2c(C2=CCC(C)(C)CC2)c1CC(=O)O. The van der Waals surface area contributed by atoms with Gasteiger partial charge in [-0.3, -0.25) is 4.79 Å². The van der Waals surface area contributed by atoms with Gasteiger partial charge in [-0.1, -0.05) is 50.3 Å². The first-order chi connectivity index (χ1) is 10.9. The van der Waals surface area contributed by atoms with E-state index in [4.69, 9.17) is 0 Å². The Morgan fingerprint density at radius 3 is 2.65 bits per heavy atom. The number of fused-ring (bicyclic) bond motifs is 1. The van der Waals surface area contributed by atoms with E-state index in [9.17, 15) is 9.90 Å². The molecule has 0 aromatic heterocycles. The second-order valence-electron chi connectivity index (χ2n) is 7.44. The van der Waals surface area contributed by atoms with Gasteiger partial charge in [0.15, 0.2) is 0 Å². The Bertz CT molecular complexity index is 797. The molecule has 2 heteroatoms. The van der Waals surface area contributed by atoms with Crippen LogP contribution in [0.4, 0.5) is 0 Å². The van der Waals surface area contributed by atoms with Gasteiger partial charge in [0, 0.05) is 0 Å². The number of carboxylic acids is 1. The van der Waals surface area contributed by atoms with Crippen LogP contribution in [0, 0.1) is 12.3 Å². The molecule has 2 aromatic carbocycles. The summed E-state index contributed by atoms with van der Waals surface area (Å²) >= 11 is 0. The molecule has 0 heterocycles. The van der Waals surface area contributed by atoms with E-state index < -0.39 is 5.97 Å². The summed E-state index contributed by atoms with van der Waals surface area (Å²) in [6.07, 6.45) is 5.64. The van der Waals surface area contributed by atoms with Gasteiger partial charge in [0.25, 0.3) is 0 Å². The molecular formula is C21H24O2. The molecular weight excluding hydrogens is 284 g/mol. The molecule has 0 unspecified atom stereocenters. The monoisotopic (exact) mass is 308 g/mol. The average Bonchev–Trinajstić information content (AvgIpc) is 2.48. The van der Waals surface area contributed by atoms with Gasteiger partial charge >= 0.3 is 5.97 Å². The third kappa shape index (κ3) is 3.17. The number of rotatable bonds is 3. The number of benzene rings is 2. The smallest absolute Gasteiger partial charge is 0.307 e. The fraction of sp³-hybridized carbons (Fsp3) is 0.381. The lowest BCUT2D eigenvalue weighted by Crippen LogP contribution is -2.15. The van der Waals surface area contributed by atoms with Crippen molar-refractivity contribution in [2.75, 3.05) is 0 Å². The summed E-state index contributed by atoms with van der Waals surface area (Å²) in [5.41, 5.74) is 4.88. The molecule has 120 valence electrons. The van der Waals surface area contributed by atoms with E-state index in [0.717, 1.165) is 30.4 Å². The van der Waals surface area contributed by atoms with E-state index in [2.05, 4.69) is 38.1 Å². The Labute approximate surface area is 137 Å². The highest BCUT2D eigenvalue weighted by atomic mass is 16.4. The highest BCUT2D eigenvalue weighted by Gasteiger charge is 2.25. The van der Waals surface area contributed by atoms with Gasteiger partial charge in [-0.25, -0.2) is 0 Å². The first-order valence-corrected chi connectivity index (χ1v) is 8.30. The van der Waals surface area contributed by atoms with Crippen LogP contribution in [0.3, 0.4) is 0 Å². The molecule has 0 saturated heterocycles. The topological polar surface area (TPSA) is 37.3 Å². The van der Waals surface area contributed by atoms with Crippen LogP contribution in [0.5, 0.6) is 0 Å². The molecule has 0 saturated carbocycles. The fourth-order valence-corrected chi connectivity index (χ4v) is 3.58. The van der Waals surface area contributed by atoms with Crippen molar-refractivity contribution < 1.29 is 9.90 Å². The Morgan fingerprint density at radius 1 is 1.26 bits per heavy atom. The molecule has 0 spiro atoms. The van der Waals surface area contributed by atoms with Crippen LogP contribution in [-0.4, -0.2) is 11.1 Å². The van der Waals surface area contributed by atoms with E-state index in [0.29, 0.717) is 5.41 Å². The van der Waals surface area contributed by atoms with Crippen molar-refractivity contribution in [1.82, 2.24) is 0 Å². The molecule has 3 rings (SSSR count). The lowest BCUT2D eigenvalue weighted by atomic mass is 9.75. The molecule has 1 N–H and O–H groups in total. The summed E-state index contributed by atoms with van der Waals surface area (Å²) in [5.74, 6) is -0.763. The summed E-state index contributed by atoms with van der Waals surface area (Å²) < 4.78 is 0. The van der Waals surface area contributed by atoms with E-state index in [1.807, 2.05) is 19.1 Å². The van der Waals surface area contributed by atoms with Gasteiger partial charge in [-0.05, 0) is 64.6 Å². The van der Waals surface area contributed by atoms with Gasteiger partial charge in [0.2, 0.25) is 0 Å². The predicted molar refractivity (Wildman–Crippen MR) is 95.6 cm³/mol. The quantitative estimate of drug-likeness (QED) is 0.827. The zero-order valence-corrected chi connectivity index (χ0v) is 14.1. The molecule has 0 fully saturated rings. The fourth-order valence-electron chi connectivity index (χ4n) is 3.58. The van der Waals surface area contributed by atoms with Crippen LogP contribution in [0.2, 0.25) is 0 Å². The van der Waals surface area contributed by atoms with E-state index in [-0.39, 0.29) is 6.42 Å². The Kier molecular flexibility index (Phi) is 4.01. The maximum absolute atomic E-state index is 11.4. The number of carboxylic acid groups (broad SMARTS) is 1. The van der Waals surface area contributed by atoms with Crippen molar-refractivity contribution in [1.29, 1.82) is 0 Å². The van der Waals surface area contributed by atoms with Crippen molar-refractivity contribution in [3.05, 3.63) is 53.1 Å². The molecule has 23 heavy (non-hydrogen) atoms. The molecule has 0 amide bonds. The zero-order chi connectivity index (χ0) is 16.6. The Balaban J connectivity index is 2.23. The van der Waals surface area contributed by atoms with Gasteiger partial charge in [-0.15, -0.1) is 0 Å². The summed E-state index contributed by atoms with van der Waals surface area (Å²) in [5, 5.41) is 11.7. The van der Waals surface area contributed by atoms with Crippen molar-refractivity contribution in [3.63, 3.8) is 0 Å². The van der Waals surface area contributed by atoms with Crippen LogP contribution in [0.15, 0.2) is 36.4 Å². The highest BCUT2D eigenvalue weighted by Crippen LogP contribution is 2.41. The number of aliphatic carboxylic acids is 1. The van der Waals surface area contributed by atoms with Crippen LogP contribution in [0.1, 0.15) is 49.8 Å². The van der Waals surface area contributed by atoms with Crippen LogP contribution >= 0.6 is 0 Å². The maximum atomic E-state index is 11.4. The second-order valence-corrected chi connectivity index (χ2v) is 7.44. The Hall–Kier alpha value is -2.09. The van der Waals surface area contributed by atoms with E-state index in [1.165, 1.54) is 21.9 Å². The molecule has 1 aliphatic carbocycles. The standard InChI is InChI=1S/C21H24O2/c1-14-12-16-6-4-5-7-17(16)20(18(14)13-19(22)23)15-8-10-21(2,3)11-9-15/h4-8,12H,9-11,13H2,1-3H3,(H,22,23). The van der Waals surface area contributed by atoms with Gasteiger partial charge in [0.1, 0.15) is 0 Å². The predicted octanol–water partition coefficient (Wildman–Crippen LogP) is 5.37. The largest absolute Gasteiger partial charge is 0.481 e. The first kappa shape index (κ1) is 15.8. The highest BCUT2D eigenvalue weighted by molar-refractivity contribution is 5.97. The molecule has 2 nitrogen and oxygen atoms in total. The average molecular weight is 308 g/mol. The third-order valence-corrected chi connectivity index (χ3v) is 5.00. The van der Waals surface area contributed by atoms with Crippen molar-refractivity contribution in [3.8, 4) is 0 Å². The molecule has 1 aliphatic rings. The normalized spacial score (nSPS) is 17.1. The molecule has 0 atom stereocenters. The van der Waals surface area contributed by atoms with E-state index >= 15 is 0 Å². The van der Waals surface area contributed by atoms with E-state index in [1.54, 1.807) is 0 Å². The number of hydrogen-bond donors (Lipinski definition) is 1. The van der Waals surface area contributed by atoms with Crippen molar-refractivity contribution in [2.24, 2.45) is 5.41 Å². The lowest BCUT2D eigenvalue weighted by Gasteiger charge is -2.30. The minimum absolute atomic E-state index is 0.0900. The maximum Gasteiger partial charge on any atom is 0.307 e. The molecule has 0 aliphatic heterocycles. The molecule has 0 radical (unpaired) electrons. The second kappa shape index (κ2) is 5.84. The van der Waals surface area contributed by atoms with Crippen LogP contribution in [0.25, 0.3) is 16.3 Å².